The number of nitrogens with zero attached hydrogens (tertiary/aromatic N) is 1. The molecular weight excluding hydrogens is 340 g/mol. The number of nitriles is 1. The Bertz CT molecular complexity index is 807. The Balaban J connectivity index is 1.78. The van der Waals surface area contributed by atoms with E-state index < -0.39 is 5.91 Å². The number of amides is 1. The lowest BCUT2D eigenvalue weighted by Gasteiger charge is -2.33. The number of nitrogens with one attached hydrogen (secondary N) is 1. The lowest BCUT2D eigenvalue weighted by molar-refractivity contribution is -0.126. The number of benzene rings is 1. The third kappa shape index (κ3) is 3.92. The highest BCUT2D eigenvalue weighted by Crippen LogP contribution is 2.33. The van der Waals surface area contributed by atoms with Gasteiger partial charge in [-0.15, -0.1) is 0 Å². The smallest absolute Gasteiger partial charge is 0.266 e. The molecule has 2 unspecified atom stereocenters. The molecule has 2 atom stereocenters. The van der Waals surface area contributed by atoms with Gasteiger partial charge in [-0.1, -0.05) is 24.1 Å². The van der Waals surface area contributed by atoms with Crippen molar-refractivity contribution in [3.63, 3.8) is 0 Å². The van der Waals surface area contributed by atoms with Crippen LogP contribution in [0.25, 0.3) is 0 Å². The van der Waals surface area contributed by atoms with Gasteiger partial charge in [-0.05, 0) is 43.5 Å². The second-order valence-corrected chi connectivity index (χ2v) is 6.57. The van der Waals surface area contributed by atoms with E-state index in [0.717, 1.165) is 25.7 Å². The highest BCUT2D eigenvalue weighted by Gasteiger charge is 2.36. The van der Waals surface area contributed by atoms with Crippen molar-refractivity contribution in [2.75, 3.05) is 5.32 Å². The van der Waals surface area contributed by atoms with Gasteiger partial charge >= 0.3 is 0 Å². The van der Waals surface area contributed by atoms with E-state index in [2.05, 4.69) is 5.32 Å². The zero-order chi connectivity index (χ0) is 17.8. The SMILES string of the molecule is N#C/C(=C\C1=COC2CCCCC2C1=O)C(=O)Nc1cccc(Cl)c1. The summed E-state index contributed by atoms with van der Waals surface area (Å²) >= 11 is 5.88. The number of fused-ring (bicyclic) bond motifs is 1. The molecule has 1 amide bonds. The molecule has 1 aliphatic heterocycles. The number of allylic oxidation sites excluding steroid dienone is 2. The molecule has 0 saturated heterocycles. The number of ether oxygens (including phenoxy) is 1. The van der Waals surface area contributed by atoms with Crippen LogP contribution in [0.2, 0.25) is 5.02 Å². The third-order valence-corrected chi connectivity index (χ3v) is 4.68. The first-order valence-corrected chi connectivity index (χ1v) is 8.55. The maximum atomic E-state index is 12.6. The summed E-state index contributed by atoms with van der Waals surface area (Å²) in [7, 11) is 0. The average Bonchev–Trinajstić information content (AvgIpc) is 2.61. The Morgan fingerprint density at radius 3 is 2.92 bits per heavy atom. The van der Waals surface area contributed by atoms with Gasteiger partial charge in [-0.3, -0.25) is 9.59 Å². The number of carbonyl (C=O) groups is 2. The van der Waals surface area contributed by atoms with Gasteiger partial charge in [-0.2, -0.15) is 5.26 Å². The summed E-state index contributed by atoms with van der Waals surface area (Å²) in [6.45, 7) is 0. The van der Waals surface area contributed by atoms with Gasteiger partial charge in [0.25, 0.3) is 5.91 Å². The van der Waals surface area contributed by atoms with Crippen LogP contribution in [-0.2, 0) is 14.3 Å². The molecule has 1 aromatic carbocycles. The molecule has 0 aromatic heterocycles. The predicted molar refractivity (Wildman–Crippen MR) is 93.7 cm³/mol. The van der Waals surface area contributed by atoms with E-state index in [1.54, 1.807) is 24.3 Å². The number of rotatable bonds is 3. The van der Waals surface area contributed by atoms with Crippen LogP contribution in [0.15, 0.2) is 47.7 Å². The third-order valence-electron chi connectivity index (χ3n) is 4.44. The van der Waals surface area contributed by atoms with Gasteiger partial charge in [0.15, 0.2) is 5.78 Å². The Morgan fingerprint density at radius 2 is 2.16 bits per heavy atom. The van der Waals surface area contributed by atoms with Gasteiger partial charge in [0.05, 0.1) is 17.8 Å². The van der Waals surface area contributed by atoms with Gasteiger partial charge < -0.3 is 10.1 Å². The van der Waals surface area contributed by atoms with E-state index in [0.29, 0.717) is 10.7 Å². The van der Waals surface area contributed by atoms with Crippen LogP contribution in [-0.4, -0.2) is 17.8 Å². The molecule has 1 heterocycles. The van der Waals surface area contributed by atoms with Crippen LogP contribution < -0.4 is 5.32 Å². The van der Waals surface area contributed by atoms with Crippen LogP contribution >= 0.6 is 11.6 Å². The van der Waals surface area contributed by atoms with Crippen molar-refractivity contribution in [2.24, 2.45) is 5.92 Å². The predicted octanol–water partition coefficient (Wildman–Crippen LogP) is 3.77. The van der Waals surface area contributed by atoms with Gasteiger partial charge in [0, 0.05) is 10.7 Å². The number of halogens is 1. The molecule has 25 heavy (non-hydrogen) atoms. The van der Waals surface area contributed by atoms with Gasteiger partial charge in [0.1, 0.15) is 17.7 Å². The quantitative estimate of drug-likeness (QED) is 0.660. The molecule has 5 nitrogen and oxygen atoms in total. The number of ketones is 1. The average molecular weight is 357 g/mol. The Labute approximate surface area is 150 Å². The molecule has 1 N–H and O–H groups in total. The molecule has 0 bridgehead atoms. The Morgan fingerprint density at radius 1 is 1.36 bits per heavy atom. The number of anilines is 1. The zero-order valence-electron chi connectivity index (χ0n) is 13.5. The fourth-order valence-corrected chi connectivity index (χ4v) is 3.36. The number of hydrogen-bond acceptors (Lipinski definition) is 4. The highest BCUT2D eigenvalue weighted by atomic mass is 35.5. The number of carbonyl (C=O) groups excluding carboxylic acids is 2. The first-order chi connectivity index (χ1) is 12.1. The number of hydrogen-bond donors (Lipinski definition) is 1. The topological polar surface area (TPSA) is 79.2 Å². The molecule has 1 fully saturated rings. The lowest BCUT2D eigenvalue weighted by atomic mass is 9.80. The Hall–Kier alpha value is -2.58. The van der Waals surface area contributed by atoms with Crippen LogP contribution in [0.5, 0.6) is 0 Å². The van der Waals surface area contributed by atoms with Crippen LogP contribution in [0.4, 0.5) is 5.69 Å². The summed E-state index contributed by atoms with van der Waals surface area (Å²) in [6.07, 6.45) is 6.29. The van der Waals surface area contributed by atoms with Crippen molar-refractivity contribution < 1.29 is 14.3 Å². The highest BCUT2D eigenvalue weighted by molar-refractivity contribution is 6.31. The Kier molecular flexibility index (Phi) is 5.20. The summed E-state index contributed by atoms with van der Waals surface area (Å²) in [5, 5.41) is 12.4. The molecule has 1 aromatic rings. The van der Waals surface area contributed by atoms with Crippen molar-refractivity contribution in [3.05, 3.63) is 52.8 Å². The van der Waals surface area contributed by atoms with E-state index in [1.165, 1.54) is 12.3 Å². The summed E-state index contributed by atoms with van der Waals surface area (Å²) in [5.74, 6) is -0.829. The minimum absolute atomic E-state index is 0.0562. The van der Waals surface area contributed by atoms with Crippen LogP contribution in [0.1, 0.15) is 25.7 Å². The summed E-state index contributed by atoms with van der Waals surface area (Å²) in [6, 6.07) is 8.46. The molecule has 0 spiro atoms. The normalized spacial score (nSPS) is 23.0. The molecule has 128 valence electrons. The molecule has 0 radical (unpaired) electrons. The number of Topliss-reactive ketones (excluding diaryl/α,β-unsaturated/α-hetero) is 1. The van der Waals surface area contributed by atoms with E-state index >= 15 is 0 Å². The second kappa shape index (κ2) is 7.54. The fourth-order valence-electron chi connectivity index (χ4n) is 3.17. The van der Waals surface area contributed by atoms with Crippen molar-refractivity contribution >= 4 is 29.0 Å². The monoisotopic (exact) mass is 356 g/mol. The summed E-state index contributed by atoms with van der Waals surface area (Å²) < 4.78 is 5.64. The second-order valence-electron chi connectivity index (χ2n) is 6.14. The lowest BCUT2D eigenvalue weighted by Crippen LogP contribution is -2.36. The largest absolute Gasteiger partial charge is 0.497 e. The molecule has 1 aliphatic carbocycles. The van der Waals surface area contributed by atoms with Crippen molar-refractivity contribution in [3.8, 4) is 6.07 Å². The summed E-state index contributed by atoms with van der Waals surface area (Å²) in [4.78, 5) is 24.9. The van der Waals surface area contributed by atoms with Crippen molar-refractivity contribution in [1.82, 2.24) is 0 Å². The molecular formula is C19H17ClN2O3. The van der Waals surface area contributed by atoms with E-state index in [-0.39, 0.29) is 29.0 Å². The maximum absolute atomic E-state index is 12.6. The van der Waals surface area contributed by atoms with Gasteiger partial charge in [-0.25, -0.2) is 0 Å². The van der Waals surface area contributed by atoms with Gasteiger partial charge in [0.2, 0.25) is 0 Å². The molecule has 1 saturated carbocycles. The van der Waals surface area contributed by atoms with Crippen LogP contribution in [0, 0.1) is 17.2 Å². The molecule has 6 heteroatoms. The minimum Gasteiger partial charge on any atom is -0.497 e. The maximum Gasteiger partial charge on any atom is 0.266 e. The van der Waals surface area contributed by atoms with E-state index in [1.807, 2.05) is 6.07 Å². The first kappa shape index (κ1) is 17.2. The first-order valence-electron chi connectivity index (χ1n) is 8.17. The zero-order valence-corrected chi connectivity index (χ0v) is 14.3. The van der Waals surface area contributed by atoms with E-state index in [4.69, 9.17) is 16.3 Å². The minimum atomic E-state index is -0.593. The fraction of sp³-hybridized carbons (Fsp3) is 0.316. The summed E-state index contributed by atoms with van der Waals surface area (Å²) in [5.41, 5.74) is 0.588. The van der Waals surface area contributed by atoms with Crippen molar-refractivity contribution in [1.29, 1.82) is 5.26 Å². The van der Waals surface area contributed by atoms with Crippen LogP contribution in [0.3, 0.4) is 0 Å². The van der Waals surface area contributed by atoms with E-state index in [9.17, 15) is 14.9 Å². The molecule has 2 aliphatic rings. The van der Waals surface area contributed by atoms with Crippen molar-refractivity contribution in [2.45, 2.75) is 31.8 Å². The molecule has 3 rings (SSSR count). The standard InChI is InChI=1S/C19H17ClN2O3/c20-14-4-3-5-15(9-14)22-19(24)12(10-21)8-13-11-25-17-7-2-1-6-16(17)18(13)23/h3-5,8-9,11,16-17H,1-2,6-7H2,(H,22,24)/b12-8+.